The van der Waals surface area contributed by atoms with E-state index in [1.54, 1.807) is 12.1 Å². The van der Waals surface area contributed by atoms with Crippen molar-refractivity contribution in [2.45, 2.75) is 44.6 Å². The Kier molecular flexibility index (Phi) is 5.31. The van der Waals surface area contributed by atoms with Crippen molar-refractivity contribution in [3.8, 4) is 6.07 Å². The van der Waals surface area contributed by atoms with Gasteiger partial charge in [0.2, 0.25) is 15.9 Å². The first-order valence-corrected chi connectivity index (χ1v) is 9.40. The van der Waals surface area contributed by atoms with Crippen LogP contribution < -0.4 is 5.32 Å². The van der Waals surface area contributed by atoms with Gasteiger partial charge in [0.05, 0.1) is 10.5 Å². The second-order valence-electron chi connectivity index (χ2n) is 7.01. The molecule has 0 unspecified atom stereocenters. The largest absolute Gasteiger partial charge is 0.353 e. The summed E-state index contributed by atoms with van der Waals surface area (Å²) in [6, 6.07) is 8.13. The Labute approximate surface area is 143 Å². The van der Waals surface area contributed by atoms with Gasteiger partial charge < -0.3 is 5.32 Å². The van der Waals surface area contributed by atoms with Gasteiger partial charge in [0.25, 0.3) is 0 Å². The first-order valence-electron chi connectivity index (χ1n) is 7.96. The van der Waals surface area contributed by atoms with Crippen molar-refractivity contribution in [3.63, 3.8) is 0 Å². The van der Waals surface area contributed by atoms with Crippen LogP contribution in [0.3, 0.4) is 0 Å². The van der Waals surface area contributed by atoms with Crippen LogP contribution in [0.1, 0.15) is 39.2 Å². The SMILES string of the molecule is CC(C)(C)C(=O)NC1CCN(S(=O)(=O)c2ccccc2C#N)CC1. The van der Waals surface area contributed by atoms with E-state index in [-0.39, 0.29) is 22.4 Å². The van der Waals surface area contributed by atoms with Crippen molar-refractivity contribution in [2.75, 3.05) is 13.1 Å². The highest BCUT2D eigenvalue weighted by Gasteiger charge is 2.32. The van der Waals surface area contributed by atoms with Crippen LogP contribution in [0.25, 0.3) is 0 Å². The summed E-state index contributed by atoms with van der Waals surface area (Å²) in [4.78, 5) is 12.1. The summed E-state index contributed by atoms with van der Waals surface area (Å²) in [5.41, 5.74) is -0.310. The molecular formula is C17H23N3O3S. The van der Waals surface area contributed by atoms with Crippen LogP contribution in [0.15, 0.2) is 29.2 Å². The molecule has 1 N–H and O–H groups in total. The molecule has 0 aromatic heterocycles. The summed E-state index contributed by atoms with van der Waals surface area (Å²) >= 11 is 0. The van der Waals surface area contributed by atoms with Gasteiger partial charge in [-0.3, -0.25) is 4.79 Å². The van der Waals surface area contributed by atoms with E-state index in [0.29, 0.717) is 25.9 Å². The predicted molar refractivity (Wildman–Crippen MR) is 90.5 cm³/mol. The molecule has 2 rings (SSSR count). The normalized spacial score (nSPS) is 17.2. The number of hydrogen-bond donors (Lipinski definition) is 1. The lowest BCUT2D eigenvalue weighted by Gasteiger charge is -2.33. The Balaban J connectivity index is 2.07. The fourth-order valence-electron chi connectivity index (χ4n) is 2.57. The first-order chi connectivity index (χ1) is 11.2. The number of piperidine rings is 1. The van der Waals surface area contributed by atoms with Crippen molar-refractivity contribution < 1.29 is 13.2 Å². The Bertz CT molecular complexity index is 752. The van der Waals surface area contributed by atoms with E-state index in [1.165, 1.54) is 16.4 Å². The maximum absolute atomic E-state index is 12.7. The van der Waals surface area contributed by atoms with Gasteiger partial charge in [-0.1, -0.05) is 32.9 Å². The van der Waals surface area contributed by atoms with Gasteiger partial charge in [-0.05, 0) is 25.0 Å². The molecule has 0 saturated carbocycles. The smallest absolute Gasteiger partial charge is 0.244 e. The van der Waals surface area contributed by atoms with E-state index in [2.05, 4.69) is 5.32 Å². The summed E-state index contributed by atoms with van der Waals surface area (Å²) in [5, 5.41) is 12.1. The number of rotatable bonds is 3. The van der Waals surface area contributed by atoms with E-state index >= 15 is 0 Å². The Morgan fingerprint density at radius 2 is 1.83 bits per heavy atom. The van der Waals surface area contributed by atoms with Crippen LogP contribution in [-0.2, 0) is 14.8 Å². The van der Waals surface area contributed by atoms with Gasteiger partial charge in [0.1, 0.15) is 6.07 Å². The molecule has 1 aliphatic rings. The fourth-order valence-corrected chi connectivity index (χ4v) is 4.18. The van der Waals surface area contributed by atoms with Crippen LogP contribution in [-0.4, -0.2) is 37.8 Å². The second-order valence-corrected chi connectivity index (χ2v) is 8.92. The van der Waals surface area contributed by atoms with E-state index in [0.717, 1.165) is 0 Å². The van der Waals surface area contributed by atoms with Gasteiger partial charge in [-0.2, -0.15) is 9.57 Å². The summed E-state index contributed by atoms with van der Waals surface area (Å²) in [5.74, 6) is -0.0290. The molecule has 6 nitrogen and oxygen atoms in total. The maximum atomic E-state index is 12.7. The zero-order valence-electron chi connectivity index (χ0n) is 14.2. The number of sulfonamides is 1. The number of hydrogen-bond acceptors (Lipinski definition) is 4. The highest BCUT2D eigenvalue weighted by atomic mass is 32.2. The van der Waals surface area contributed by atoms with Gasteiger partial charge in [0.15, 0.2) is 0 Å². The summed E-state index contributed by atoms with van der Waals surface area (Å²) in [6.45, 7) is 6.20. The van der Waals surface area contributed by atoms with Crippen LogP contribution in [0.4, 0.5) is 0 Å². The van der Waals surface area contributed by atoms with Crippen molar-refractivity contribution in [1.82, 2.24) is 9.62 Å². The number of carbonyl (C=O) groups is 1. The lowest BCUT2D eigenvalue weighted by atomic mass is 9.94. The van der Waals surface area contributed by atoms with Crippen LogP contribution in [0.5, 0.6) is 0 Å². The van der Waals surface area contributed by atoms with Crippen molar-refractivity contribution in [2.24, 2.45) is 5.41 Å². The average Bonchev–Trinajstić information content (AvgIpc) is 2.54. The number of nitrogens with one attached hydrogen (secondary N) is 1. The number of nitriles is 1. The molecule has 0 aliphatic carbocycles. The van der Waals surface area contributed by atoms with Gasteiger partial charge in [0, 0.05) is 24.5 Å². The topological polar surface area (TPSA) is 90.3 Å². The highest BCUT2D eigenvalue weighted by Crippen LogP contribution is 2.24. The minimum atomic E-state index is -3.69. The molecule has 1 heterocycles. The second kappa shape index (κ2) is 6.91. The predicted octanol–water partition coefficient (Wildman–Crippen LogP) is 1.87. The standard InChI is InChI=1S/C17H23N3O3S/c1-17(2,3)16(21)19-14-8-10-20(11-9-14)24(22,23)15-7-5-4-6-13(15)12-18/h4-7,14H,8-11H2,1-3H3,(H,19,21). The molecule has 0 radical (unpaired) electrons. The lowest BCUT2D eigenvalue weighted by molar-refractivity contribution is -0.129. The molecule has 24 heavy (non-hydrogen) atoms. The van der Waals surface area contributed by atoms with Crippen molar-refractivity contribution in [3.05, 3.63) is 29.8 Å². The minimum absolute atomic E-state index is 0.0191. The summed E-state index contributed by atoms with van der Waals surface area (Å²) < 4.78 is 26.9. The van der Waals surface area contributed by atoms with Crippen molar-refractivity contribution >= 4 is 15.9 Å². The molecular weight excluding hydrogens is 326 g/mol. The number of carbonyl (C=O) groups excluding carboxylic acids is 1. The van der Waals surface area contributed by atoms with Crippen molar-refractivity contribution in [1.29, 1.82) is 5.26 Å². The molecule has 130 valence electrons. The Morgan fingerprint density at radius 3 is 2.38 bits per heavy atom. The molecule has 0 atom stereocenters. The molecule has 1 amide bonds. The first kappa shape index (κ1) is 18.4. The number of nitrogens with zero attached hydrogens (tertiary/aromatic N) is 2. The molecule has 1 aliphatic heterocycles. The third-order valence-electron chi connectivity index (χ3n) is 4.10. The molecule has 0 spiro atoms. The molecule has 1 fully saturated rings. The third kappa shape index (κ3) is 3.94. The number of benzene rings is 1. The third-order valence-corrected chi connectivity index (χ3v) is 6.05. The van der Waals surface area contributed by atoms with E-state index in [4.69, 9.17) is 5.26 Å². The van der Waals surface area contributed by atoms with E-state index < -0.39 is 15.4 Å². The highest BCUT2D eigenvalue weighted by molar-refractivity contribution is 7.89. The van der Waals surface area contributed by atoms with Crippen LogP contribution in [0.2, 0.25) is 0 Å². The molecule has 1 aromatic rings. The molecule has 1 saturated heterocycles. The molecule has 7 heteroatoms. The zero-order valence-corrected chi connectivity index (χ0v) is 15.1. The van der Waals surface area contributed by atoms with Crippen LogP contribution in [0, 0.1) is 16.7 Å². The Morgan fingerprint density at radius 1 is 1.25 bits per heavy atom. The van der Waals surface area contributed by atoms with Gasteiger partial charge >= 0.3 is 0 Å². The maximum Gasteiger partial charge on any atom is 0.244 e. The summed E-state index contributed by atoms with van der Waals surface area (Å²) in [7, 11) is -3.69. The van der Waals surface area contributed by atoms with E-state index in [1.807, 2.05) is 26.8 Å². The van der Waals surface area contributed by atoms with Gasteiger partial charge in [-0.15, -0.1) is 0 Å². The molecule has 0 bridgehead atoms. The quantitative estimate of drug-likeness (QED) is 0.902. The molecule has 1 aromatic carbocycles. The Hall–Kier alpha value is -1.91. The lowest BCUT2D eigenvalue weighted by Crippen LogP contribution is -2.49. The van der Waals surface area contributed by atoms with Crippen LogP contribution >= 0.6 is 0 Å². The minimum Gasteiger partial charge on any atom is -0.353 e. The monoisotopic (exact) mass is 349 g/mol. The van der Waals surface area contributed by atoms with Gasteiger partial charge in [-0.25, -0.2) is 8.42 Å². The number of amides is 1. The fraction of sp³-hybridized carbons (Fsp3) is 0.529. The zero-order chi connectivity index (χ0) is 18.0. The van der Waals surface area contributed by atoms with E-state index in [9.17, 15) is 13.2 Å². The summed E-state index contributed by atoms with van der Waals surface area (Å²) in [6.07, 6.45) is 1.13. The average molecular weight is 349 g/mol.